The third-order valence-corrected chi connectivity index (χ3v) is 3.27. The lowest BCUT2D eigenvalue weighted by Gasteiger charge is -2.25. The summed E-state index contributed by atoms with van der Waals surface area (Å²) < 4.78 is 1.92. The maximum atomic E-state index is 8.75. The second kappa shape index (κ2) is 6.71. The molecule has 1 aliphatic rings. The van der Waals surface area contributed by atoms with Crippen LogP contribution < -0.4 is 0 Å². The Balaban J connectivity index is 1.72. The molecule has 0 saturated carbocycles. The average Bonchev–Trinajstić information content (AvgIpc) is 2.83. The van der Waals surface area contributed by atoms with Crippen molar-refractivity contribution in [3.8, 4) is 0 Å². The molecule has 1 N–H and O–H groups in total. The zero-order valence-corrected chi connectivity index (χ0v) is 10.4. The highest BCUT2D eigenvalue weighted by Gasteiger charge is 2.10. The van der Waals surface area contributed by atoms with Crippen molar-refractivity contribution >= 4 is 0 Å². The number of aromatic nitrogens is 3. The van der Waals surface area contributed by atoms with Crippen molar-refractivity contribution in [1.29, 1.82) is 0 Å². The fourth-order valence-electron chi connectivity index (χ4n) is 2.25. The van der Waals surface area contributed by atoms with Gasteiger partial charge in [0, 0.05) is 19.3 Å². The van der Waals surface area contributed by atoms with Crippen molar-refractivity contribution in [3.63, 3.8) is 0 Å². The van der Waals surface area contributed by atoms with E-state index >= 15 is 0 Å². The molecule has 2 rings (SSSR count). The van der Waals surface area contributed by atoms with Crippen molar-refractivity contribution in [3.05, 3.63) is 11.9 Å². The Hall–Kier alpha value is -0.940. The summed E-state index contributed by atoms with van der Waals surface area (Å²) >= 11 is 0. The third-order valence-electron chi connectivity index (χ3n) is 3.27. The summed E-state index contributed by atoms with van der Waals surface area (Å²) in [6, 6.07) is 0. The molecular formula is C12H22N4O. The first kappa shape index (κ1) is 12.5. The number of aliphatic hydroxyl groups is 1. The lowest BCUT2D eigenvalue weighted by atomic mass is 10.1. The van der Waals surface area contributed by atoms with Crippen molar-refractivity contribution in [2.75, 3.05) is 26.2 Å². The maximum Gasteiger partial charge on any atom is 0.0828 e. The summed E-state index contributed by atoms with van der Waals surface area (Å²) in [6.07, 6.45) is 7.63. The Bertz CT molecular complexity index is 320. The van der Waals surface area contributed by atoms with Gasteiger partial charge < -0.3 is 10.0 Å². The number of aryl methyl sites for hydroxylation is 1. The molecule has 17 heavy (non-hydrogen) atoms. The number of hydrogen-bond acceptors (Lipinski definition) is 4. The van der Waals surface area contributed by atoms with Gasteiger partial charge in [0.2, 0.25) is 0 Å². The van der Waals surface area contributed by atoms with E-state index in [2.05, 4.69) is 15.2 Å². The summed E-state index contributed by atoms with van der Waals surface area (Å²) in [6.45, 7) is 4.67. The van der Waals surface area contributed by atoms with Crippen molar-refractivity contribution in [2.24, 2.45) is 0 Å². The van der Waals surface area contributed by atoms with Crippen LogP contribution in [-0.4, -0.2) is 51.2 Å². The highest BCUT2D eigenvalue weighted by Crippen LogP contribution is 2.08. The molecule has 1 aliphatic heterocycles. The normalized spacial score (nSPS) is 17.5. The van der Waals surface area contributed by atoms with Crippen molar-refractivity contribution in [2.45, 2.75) is 38.6 Å². The van der Waals surface area contributed by atoms with Crippen LogP contribution in [0.25, 0.3) is 0 Å². The summed E-state index contributed by atoms with van der Waals surface area (Å²) in [5.41, 5.74) is 0.984. The fraction of sp³-hybridized carbons (Fsp3) is 0.833. The Morgan fingerprint density at radius 2 is 2.00 bits per heavy atom. The lowest BCUT2D eigenvalue weighted by Crippen LogP contribution is -2.32. The van der Waals surface area contributed by atoms with E-state index in [0.717, 1.165) is 31.6 Å². The lowest BCUT2D eigenvalue weighted by molar-refractivity contribution is 0.217. The van der Waals surface area contributed by atoms with Gasteiger partial charge in [0.1, 0.15) is 0 Å². The summed E-state index contributed by atoms with van der Waals surface area (Å²) in [5.74, 6) is 0. The molecule has 0 spiro atoms. The van der Waals surface area contributed by atoms with Gasteiger partial charge in [-0.1, -0.05) is 11.6 Å². The van der Waals surface area contributed by atoms with Gasteiger partial charge in [-0.05, 0) is 38.8 Å². The quantitative estimate of drug-likeness (QED) is 0.792. The molecule has 1 saturated heterocycles. The molecule has 0 atom stereocenters. The summed E-state index contributed by atoms with van der Waals surface area (Å²) in [7, 11) is 0. The van der Waals surface area contributed by atoms with E-state index in [-0.39, 0.29) is 6.61 Å². The van der Waals surface area contributed by atoms with Gasteiger partial charge in [0.05, 0.1) is 12.2 Å². The van der Waals surface area contributed by atoms with E-state index in [0.29, 0.717) is 0 Å². The zero-order chi connectivity index (χ0) is 11.9. The number of nitrogens with zero attached hydrogens (tertiary/aromatic N) is 4. The highest BCUT2D eigenvalue weighted by molar-refractivity contribution is 4.92. The van der Waals surface area contributed by atoms with E-state index < -0.39 is 0 Å². The van der Waals surface area contributed by atoms with Crippen molar-refractivity contribution < 1.29 is 5.11 Å². The largest absolute Gasteiger partial charge is 0.396 e. The smallest absolute Gasteiger partial charge is 0.0828 e. The predicted molar refractivity (Wildman–Crippen MR) is 65.7 cm³/mol. The van der Waals surface area contributed by atoms with Gasteiger partial charge in [0.25, 0.3) is 0 Å². The number of aliphatic hydroxyl groups excluding tert-OH is 1. The van der Waals surface area contributed by atoms with Crippen LogP contribution in [-0.2, 0) is 13.0 Å². The van der Waals surface area contributed by atoms with Gasteiger partial charge in [-0.3, -0.25) is 4.68 Å². The van der Waals surface area contributed by atoms with Gasteiger partial charge in [-0.25, -0.2) is 0 Å². The van der Waals surface area contributed by atoms with Gasteiger partial charge >= 0.3 is 0 Å². The molecule has 0 amide bonds. The van der Waals surface area contributed by atoms with Crippen LogP contribution >= 0.6 is 0 Å². The summed E-state index contributed by atoms with van der Waals surface area (Å²) in [4.78, 5) is 2.50. The average molecular weight is 238 g/mol. The van der Waals surface area contributed by atoms with Crippen LogP contribution in [0.5, 0.6) is 0 Å². The van der Waals surface area contributed by atoms with Crippen LogP contribution in [0.1, 0.15) is 31.4 Å². The number of likely N-dealkylation sites (tertiary alicyclic amines) is 1. The van der Waals surface area contributed by atoms with Crippen LogP contribution in [0.2, 0.25) is 0 Å². The second-order valence-corrected chi connectivity index (χ2v) is 4.70. The Morgan fingerprint density at radius 3 is 2.76 bits per heavy atom. The standard InChI is InChI=1S/C12H22N4O/c17-10-4-5-12-11-16(14-13-12)9-8-15-6-2-1-3-7-15/h11,17H,1-10H2. The van der Waals surface area contributed by atoms with E-state index in [1.54, 1.807) is 0 Å². The zero-order valence-electron chi connectivity index (χ0n) is 10.4. The van der Waals surface area contributed by atoms with E-state index in [9.17, 15) is 0 Å². The Labute approximate surface area is 102 Å². The van der Waals surface area contributed by atoms with E-state index in [1.165, 1.54) is 32.4 Å². The molecule has 96 valence electrons. The SMILES string of the molecule is OCCCc1cn(CCN2CCCCC2)nn1. The van der Waals surface area contributed by atoms with E-state index in [4.69, 9.17) is 5.11 Å². The Kier molecular flexibility index (Phi) is 4.94. The Morgan fingerprint density at radius 1 is 1.18 bits per heavy atom. The highest BCUT2D eigenvalue weighted by atomic mass is 16.2. The van der Waals surface area contributed by atoms with Gasteiger partial charge in [0.15, 0.2) is 0 Å². The first-order valence-electron chi connectivity index (χ1n) is 6.61. The molecule has 2 heterocycles. The minimum Gasteiger partial charge on any atom is -0.396 e. The monoisotopic (exact) mass is 238 g/mol. The fourth-order valence-corrected chi connectivity index (χ4v) is 2.25. The van der Waals surface area contributed by atoms with Crippen LogP contribution in [0.3, 0.4) is 0 Å². The molecule has 0 aliphatic carbocycles. The molecule has 1 aromatic heterocycles. The van der Waals surface area contributed by atoms with Gasteiger partial charge in [-0.15, -0.1) is 5.10 Å². The number of hydrogen-bond donors (Lipinski definition) is 1. The predicted octanol–water partition coefficient (Wildman–Crippen LogP) is 0.689. The third kappa shape index (κ3) is 4.09. The van der Waals surface area contributed by atoms with Crippen LogP contribution in [0, 0.1) is 0 Å². The molecule has 1 aromatic rings. The van der Waals surface area contributed by atoms with Crippen LogP contribution in [0.15, 0.2) is 6.20 Å². The molecule has 0 aromatic carbocycles. The number of piperidine rings is 1. The minimum atomic E-state index is 0.223. The first-order valence-corrected chi connectivity index (χ1v) is 6.61. The molecule has 5 nitrogen and oxygen atoms in total. The van der Waals surface area contributed by atoms with Gasteiger partial charge in [-0.2, -0.15) is 0 Å². The van der Waals surface area contributed by atoms with Crippen molar-refractivity contribution in [1.82, 2.24) is 19.9 Å². The molecular weight excluding hydrogens is 216 g/mol. The van der Waals surface area contributed by atoms with Crippen LogP contribution in [0.4, 0.5) is 0 Å². The molecule has 5 heteroatoms. The molecule has 0 unspecified atom stereocenters. The second-order valence-electron chi connectivity index (χ2n) is 4.70. The molecule has 0 radical (unpaired) electrons. The number of rotatable bonds is 6. The minimum absolute atomic E-state index is 0.223. The topological polar surface area (TPSA) is 54.2 Å². The summed E-state index contributed by atoms with van der Waals surface area (Å²) in [5, 5.41) is 17.0. The molecule has 1 fully saturated rings. The molecule has 0 bridgehead atoms. The van der Waals surface area contributed by atoms with E-state index in [1.807, 2.05) is 10.9 Å². The first-order chi connectivity index (χ1) is 8.38. The maximum absolute atomic E-state index is 8.75.